The van der Waals surface area contributed by atoms with E-state index < -0.39 is 5.97 Å². The van der Waals surface area contributed by atoms with E-state index in [0.717, 1.165) is 4.47 Å². The molecule has 0 fully saturated rings. The SMILES string of the molecule is CN(C)c1nc(N)nc(COC(=O)c2cc(Br)ccc2Cl)n1. The summed E-state index contributed by atoms with van der Waals surface area (Å²) in [6.07, 6.45) is 0. The second-order valence-corrected chi connectivity index (χ2v) is 5.83. The average molecular weight is 387 g/mol. The van der Waals surface area contributed by atoms with E-state index in [1.165, 1.54) is 0 Å². The Bertz CT molecular complexity index is 711. The largest absolute Gasteiger partial charge is 0.454 e. The number of halogens is 2. The van der Waals surface area contributed by atoms with Crippen LogP contribution in [0.2, 0.25) is 5.02 Å². The molecule has 0 aliphatic rings. The molecule has 2 aromatic rings. The Labute approximate surface area is 140 Å². The lowest BCUT2D eigenvalue weighted by Crippen LogP contribution is -2.17. The molecule has 0 aliphatic heterocycles. The van der Waals surface area contributed by atoms with E-state index in [1.807, 2.05) is 0 Å². The molecule has 1 aromatic heterocycles. The summed E-state index contributed by atoms with van der Waals surface area (Å²) < 4.78 is 5.89. The Morgan fingerprint density at radius 3 is 2.77 bits per heavy atom. The molecule has 0 bridgehead atoms. The third-order valence-electron chi connectivity index (χ3n) is 2.57. The topological polar surface area (TPSA) is 94.2 Å². The van der Waals surface area contributed by atoms with Gasteiger partial charge in [-0.1, -0.05) is 27.5 Å². The number of nitrogens with zero attached hydrogens (tertiary/aromatic N) is 4. The number of hydrogen-bond acceptors (Lipinski definition) is 7. The maximum atomic E-state index is 12.1. The monoisotopic (exact) mass is 385 g/mol. The first-order valence-electron chi connectivity index (χ1n) is 6.16. The normalized spacial score (nSPS) is 10.4. The highest BCUT2D eigenvalue weighted by Crippen LogP contribution is 2.22. The number of ether oxygens (including phenoxy) is 1. The van der Waals surface area contributed by atoms with Crippen molar-refractivity contribution in [2.24, 2.45) is 0 Å². The van der Waals surface area contributed by atoms with Gasteiger partial charge >= 0.3 is 5.97 Å². The van der Waals surface area contributed by atoms with Gasteiger partial charge in [0.25, 0.3) is 0 Å². The number of nitrogens with two attached hydrogens (primary N) is 1. The van der Waals surface area contributed by atoms with Crippen LogP contribution in [0.1, 0.15) is 16.2 Å². The summed E-state index contributed by atoms with van der Waals surface area (Å²) in [5.41, 5.74) is 5.86. The maximum absolute atomic E-state index is 12.1. The van der Waals surface area contributed by atoms with Crippen molar-refractivity contribution in [1.82, 2.24) is 15.0 Å². The molecule has 9 heteroatoms. The summed E-state index contributed by atoms with van der Waals surface area (Å²) in [5, 5.41) is 0.303. The van der Waals surface area contributed by atoms with Crippen LogP contribution >= 0.6 is 27.5 Å². The van der Waals surface area contributed by atoms with Gasteiger partial charge < -0.3 is 15.4 Å². The molecule has 0 saturated heterocycles. The van der Waals surface area contributed by atoms with Crippen molar-refractivity contribution >= 4 is 45.4 Å². The predicted molar refractivity (Wildman–Crippen MR) is 86.8 cm³/mol. The second-order valence-electron chi connectivity index (χ2n) is 4.50. The van der Waals surface area contributed by atoms with Crippen LogP contribution in [0.25, 0.3) is 0 Å². The van der Waals surface area contributed by atoms with Gasteiger partial charge in [0.05, 0.1) is 10.6 Å². The fourth-order valence-corrected chi connectivity index (χ4v) is 2.11. The molecule has 22 heavy (non-hydrogen) atoms. The number of aromatic nitrogens is 3. The molecule has 0 spiro atoms. The van der Waals surface area contributed by atoms with Crippen LogP contribution in [0.3, 0.4) is 0 Å². The first-order chi connectivity index (χ1) is 10.4. The van der Waals surface area contributed by atoms with Gasteiger partial charge in [0.1, 0.15) is 0 Å². The highest BCUT2D eigenvalue weighted by atomic mass is 79.9. The van der Waals surface area contributed by atoms with E-state index in [2.05, 4.69) is 30.9 Å². The summed E-state index contributed by atoms with van der Waals surface area (Å²) >= 11 is 9.25. The Hall–Kier alpha value is -1.93. The number of anilines is 2. The zero-order valence-corrected chi connectivity index (χ0v) is 14.2. The van der Waals surface area contributed by atoms with Gasteiger partial charge in [-0.25, -0.2) is 4.79 Å². The quantitative estimate of drug-likeness (QED) is 0.806. The van der Waals surface area contributed by atoms with Crippen molar-refractivity contribution in [1.29, 1.82) is 0 Å². The van der Waals surface area contributed by atoms with Crippen LogP contribution in [0.4, 0.5) is 11.9 Å². The zero-order chi connectivity index (χ0) is 16.3. The minimum absolute atomic E-state index is 0.0604. The van der Waals surface area contributed by atoms with Gasteiger partial charge in [0.15, 0.2) is 12.4 Å². The first-order valence-corrected chi connectivity index (χ1v) is 7.34. The minimum Gasteiger partial charge on any atom is -0.454 e. The fourth-order valence-electron chi connectivity index (χ4n) is 1.55. The summed E-state index contributed by atoms with van der Waals surface area (Å²) in [4.78, 5) is 25.8. The number of rotatable bonds is 4. The van der Waals surface area contributed by atoms with Crippen molar-refractivity contribution < 1.29 is 9.53 Å². The minimum atomic E-state index is -0.573. The van der Waals surface area contributed by atoms with Crippen molar-refractivity contribution in [3.8, 4) is 0 Å². The molecule has 0 amide bonds. The number of nitrogen functional groups attached to an aromatic ring is 1. The van der Waals surface area contributed by atoms with Gasteiger partial charge in [-0.15, -0.1) is 0 Å². The molecular weight excluding hydrogens is 374 g/mol. The molecular formula is C13H13BrClN5O2. The Morgan fingerprint density at radius 1 is 1.36 bits per heavy atom. The van der Waals surface area contributed by atoms with Crippen LogP contribution in [-0.4, -0.2) is 35.0 Å². The van der Waals surface area contributed by atoms with E-state index >= 15 is 0 Å². The van der Waals surface area contributed by atoms with Gasteiger partial charge in [-0.2, -0.15) is 15.0 Å². The molecule has 1 aromatic carbocycles. The molecule has 1 heterocycles. The van der Waals surface area contributed by atoms with Gasteiger partial charge in [0.2, 0.25) is 11.9 Å². The van der Waals surface area contributed by atoms with Crippen LogP contribution in [0.5, 0.6) is 0 Å². The Kier molecular flexibility index (Phi) is 5.15. The molecule has 2 N–H and O–H groups in total. The Morgan fingerprint density at radius 2 is 2.09 bits per heavy atom. The summed E-state index contributed by atoms with van der Waals surface area (Å²) in [7, 11) is 3.54. The zero-order valence-electron chi connectivity index (χ0n) is 11.9. The highest BCUT2D eigenvalue weighted by molar-refractivity contribution is 9.10. The van der Waals surface area contributed by atoms with Crippen molar-refractivity contribution in [2.45, 2.75) is 6.61 Å². The summed E-state index contributed by atoms with van der Waals surface area (Å²) in [6, 6.07) is 4.92. The second kappa shape index (κ2) is 6.89. The maximum Gasteiger partial charge on any atom is 0.340 e. The average Bonchev–Trinajstić information content (AvgIpc) is 2.46. The first kappa shape index (κ1) is 16.4. The third kappa shape index (κ3) is 4.05. The van der Waals surface area contributed by atoms with Crippen LogP contribution in [0, 0.1) is 0 Å². The molecule has 116 valence electrons. The molecule has 2 rings (SSSR count). The van der Waals surface area contributed by atoms with Gasteiger partial charge in [-0.3, -0.25) is 0 Å². The van der Waals surface area contributed by atoms with Crippen LogP contribution < -0.4 is 10.6 Å². The molecule has 7 nitrogen and oxygen atoms in total. The van der Waals surface area contributed by atoms with E-state index in [0.29, 0.717) is 11.0 Å². The molecule has 0 saturated carbocycles. The van der Waals surface area contributed by atoms with Crippen LogP contribution in [0.15, 0.2) is 22.7 Å². The number of carbonyl (C=O) groups is 1. The number of benzene rings is 1. The standard InChI is InChI=1S/C13H13BrClN5O2/c1-20(2)13-18-10(17-12(16)19-13)6-22-11(21)8-5-7(14)3-4-9(8)15/h3-5H,6H2,1-2H3,(H2,16,17,18,19). The van der Waals surface area contributed by atoms with E-state index in [-0.39, 0.29) is 23.9 Å². The lowest BCUT2D eigenvalue weighted by molar-refractivity contribution is 0.0462. The lowest BCUT2D eigenvalue weighted by atomic mass is 10.2. The Balaban J connectivity index is 2.13. The van der Waals surface area contributed by atoms with Crippen LogP contribution in [-0.2, 0) is 11.3 Å². The van der Waals surface area contributed by atoms with Gasteiger partial charge in [0, 0.05) is 18.6 Å². The van der Waals surface area contributed by atoms with E-state index in [4.69, 9.17) is 22.1 Å². The molecule has 0 aliphatic carbocycles. The number of esters is 1. The van der Waals surface area contributed by atoms with Crippen molar-refractivity contribution in [2.75, 3.05) is 24.7 Å². The molecule has 0 atom stereocenters. The fraction of sp³-hybridized carbons (Fsp3) is 0.231. The summed E-state index contributed by atoms with van der Waals surface area (Å²) in [5.74, 6) is 0.136. The smallest absolute Gasteiger partial charge is 0.340 e. The van der Waals surface area contributed by atoms with Crippen molar-refractivity contribution in [3.05, 3.63) is 39.1 Å². The molecule has 0 unspecified atom stereocenters. The number of carbonyl (C=O) groups excluding carboxylic acids is 1. The summed E-state index contributed by atoms with van der Waals surface area (Å²) in [6.45, 7) is -0.130. The van der Waals surface area contributed by atoms with E-state index in [1.54, 1.807) is 37.2 Å². The predicted octanol–water partition coefficient (Wildman–Crippen LogP) is 2.29. The van der Waals surface area contributed by atoms with Gasteiger partial charge in [-0.05, 0) is 18.2 Å². The van der Waals surface area contributed by atoms with Crippen molar-refractivity contribution in [3.63, 3.8) is 0 Å². The number of hydrogen-bond donors (Lipinski definition) is 1. The highest BCUT2D eigenvalue weighted by Gasteiger charge is 2.14. The van der Waals surface area contributed by atoms with E-state index in [9.17, 15) is 4.79 Å². The lowest BCUT2D eigenvalue weighted by Gasteiger charge is -2.11. The third-order valence-corrected chi connectivity index (χ3v) is 3.39. The molecule has 0 radical (unpaired) electrons.